The van der Waals surface area contributed by atoms with Gasteiger partial charge in [0.15, 0.2) is 0 Å². The first-order valence-electron chi connectivity index (χ1n) is 14.2. The first kappa shape index (κ1) is 28.9. The van der Waals surface area contributed by atoms with Gasteiger partial charge >= 0.3 is 5.97 Å². The summed E-state index contributed by atoms with van der Waals surface area (Å²) in [5, 5.41) is 2.68. The fraction of sp³-hybridized carbons (Fsp3) is 0.257. The number of rotatable bonds is 11. The van der Waals surface area contributed by atoms with Crippen molar-refractivity contribution in [3.05, 3.63) is 124 Å². The zero-order valence-corrected chi connectivity index (χ0v) is 23.9. The smallest absolute Gasteiger partial charge is 0.325 e. The second-order valence-electron chi connectivity index (χ2n) is 10.3. The van der Waals surface area contributed by atoms with Crippen LogP contribution in [0.1, 0.15) is 57.1 Å². The molecule has 216 valence electrons. The Kier molecular flexibility index (Phi) is 9.17. The summed E-state index contributed by atoms with van der Waals surface area (Å²) in [7, 11) is 0. The number of nitrogens with one attached hydrogen (secondary N) is 1. The number of aryl methyl sites for hydroxylation is 1. The lowest BCUT2D eigenvalue weighted by Gasteiger charge is -2.18. The van der Waals surface area contributed by atoms with Gasteiger partial charge in [0.2, 0.25) is 0 Å². The van der Waals surface area contributed by atoms with E-state index in [0.29, 0.717) is 24.3 Å². The molecule has 7 heteroatoms. The lowest BCUT2D eigenvalue weighted by molar-refractivity contribution is -0.141. The number of halogens is 1. The van der Waals surface area contributed by atoms with Crippen molar-refractivity contribution in [3.8, 4) is 17.2 Å². The maximum atomic E-state index is 13.6. The summed E-state index contributed by atoms with van der Waals surface area (Å²) in [5.41, 5.74) is 6.29. The van der Waals surface area contributed by atoms with Crippen LogP contribution in [0.2, 0.25) is 0 Å². The summed E-state index contributed by atoms with van der Waals surface area (Å²) in [5.74, 6) is 1.08. The molecule has 0 bridgehead atoms. The van der Waals surface area contributed by atoms with Crippen molar-refractivity contribution in [2.75, 3.05) is 13.2 Å². The zero-order chi connectivity index (χ0) is 29.5. The minimum Gasteiger partial charge on any atom is -0.489 e. The van der Waals surface area contributed by atoms with E-state index in [9.17, 15) is 14.0 Å². The van der Waals surface area contributed by atoms with Gasteiger partial charge in [-0.15, -0.1) is 0 Å². The van der Waals surface area contributed by atoms with Crippen LogP contribution in [-0.2, 0) is 35.4 Å². The first-order chi connectivity index (χ1) is 20.4. The average molecular weight is 568 g/mol. The van der Waals surface area contributed by atoms with Crippen LogP contribution in [0.3, 0.4) is 0 Å². The first-order valence-corrected chi connectivity index (χ1v) is 14.2. The number of carbonyl (C=O) groups excluding carboxylic acids is 2. The summed E-state index contributed by atoms with van der Waals surface area (Å²) in [6.45, 7) is 4.16. The molecule has 0 fully saturated rings. The van der Waals surface area contributed by atoms with Gasteiger partial charge in [0, 0.05) is 17.5 Å². The molecule has 0 radical (unpaired) electrons. The van der Waals surface area contributed by atoms with E-state index in [4.69, 9.17) is 14.2 Å². The van der Waals surface area contributed by atoms with Gasteiger partial charge in [0.25, 0.3) is 5.91 Å². The van der Waals surface area contributed by atoms with E-state index in [2.05, 4.69) is 5.32 Å². The van der Waals surface area contributed by atoms with E-state index in [1.165, 1.54) is 12.1 Å². The van der Waals surface area contributed by atoms with Gasteiger partial charge in [-0.3, -0.25) is 9.59 Å². The fourth-order valence-corrected chi connectivity index (χ4v) is 5.28. The molecule has 0 aliphatic heterocycles. The van der Waals surface area contributed by atoms with Crippen LogP contribution in [0.4, 0.5) is 4.39 Å². The largest absolute Gasteiger partial charge is 0.489 e. The number of carbonyl (C=O) groups is 2. The third kappa shape index (κ3) is 6.97. The topological polar surface area (TPSA) is 73.9 Å². The van der Waals surface area contributed by atoms with Gasteiger partial charge in [-0.25, -0.2) is 4.39 Å². The molecule has 0 spiro atoms. The number of hydrogen-bond acceptors (Lipinski definition) is 5. The Balaban J connectivity index is 1.41. The molecular weight excluding hydrogens is 533 g/mol. The SMILES string of the molecule is CCOC(=O)CNC(=O)c1cc(C)c(Oc2ccc(OCc3ccccc3)c(Cc3ccc(F)cc3)c2)c2c1CCC2. The van der Waals surface area contributed by atoms with Gasteiger partial charge in [-0.2, -0.15) is 0 Å². The maximum absolute atomic E-state index is 13.6. The van der Waals surface area contributed by atoms with Crippen molar-refractivity contribution < 1.29 is 28.2 Å². The fourth-order valence-electron chi connectivity index (χ4n) is 5.28. The molecule has 0 atom stereocenters. The summed E-state index contributed by atoms with van der Waals surface area (Å²) in [6.07, 6.45) is 3.01. The lowest BCUT2D eigenvalue weighted by atomic mass is 9.98. The second kappa shape index (κ2) is 13.3. The molecule has 4 aromatic carbocycles. The van der Waals surface area contributed by atoms with Crippen molar-refractivity contribution in [1.82, 2.24) is 5.32 Å². The van der Waals surface area contributed by atoms with Gasteiger partial charge in [-0.1, -0.05) is 42.5 Å². The molecule has 0 heterocycles. The van der Waals surface area contributed by atoms with Gasteiger partial charge in [0.1, 0.15) is 36.2 Å². The zero-order valence-electron chi connectivity index (χ0n) is 23.9. The highest BCUT2D eigenvalue weighted by Crippen LogP contribution is 2.39. The molecular formula is C35H34FNO5. The van der Waals surface area contributed by atoms with Crippen molar-refractivity contribution >= 4 is 11.9 Å². The van der Waals surface area contributed by atoms with Crippen LogP contribution in [0.15, 0.2) is 78.9 Å². The summed E-state index contributed by atoms with van der Waals surface area (Å²) >= 11 is 0. The van der Waals surface area contributed by atoms with E-state index in [0.717, 1.165) is 64.1 Å². The van der Waals surface area contributed by atoms with E-state index in [-0.39, 0.29) is 24.9 Å². The van der Waals surface area contributed by atoms with Gasteiger partial charge in [0.05, 0.1) is 6.61 Å². The van der Waals surface area contributed by atoms with Crippen LogP contribution in [-0.4, -0.2) is 25.0 Å². The maximum Gasteiger partial charge on any atom is 0.325 e. The number of hydrogen-bond donors (Lipinski definition) is 1. The Morgan fingerprint density at radius 3 is 2.43 bits per heavy atom. The molecule has 1 aliphatic carbocycles. The number of benzene rings is 4. The number of esters is 1. The molecule has 0 unspecified atom stereocenters. The van der Waals surface area contributed by atoms with E-state index in [1.807, 2.05) is 61.5 Å². The van der Waals surface area contributed by atoms with E-state index < -0.39 is 5.97 Å². The van der Waals surface area contributed by atoms with Crippen LogP contribution in [0, 0.1) is 12.7 Å². The van der Waals surface area contributed by atoms with Crippen molar-refractivity contribution in [3.63, 3.8) is 0 Å². The molecule has 1 N–H and O–H groups in total. The molecule has 6 nitrogen and oxygen atoms in total. The number of ether oxygens (including phenoxy) is 3. The Hall–Kier alpha value is -4.65. The second-order valence-corrected chi connectivity index (χ2v) is 10.3. The number of fused-ring (bicyclic) bond motifs is 1. The minimum absolute atomic E-state index is 0.172. The van der Waals surface area contributed by atoms with Crippen molar-refractivity contribution in [2.45, 2.75) is 46.1 Å². The van der Waals surface area contributed by atoms with Gasteiger partial charge < -0.3 is 19.5 Å². The summed E-state index contributed by atoms with van der Waals surface area (Å²) < 4.78 is 31.2. The minimum atomic E-state index is -0.466. The predicted octanol–water partition coefficient (Wildman–Crippen LogP) is 6.88. The normalized spacial score (nSPS) is 12.0. The summed E-state index contributed by atoms with van der Waals surface area (Å²) in [4.78, 5) is 24.7. The van der Waals surface area contributed by atoms with Crippen molar-refractivity contribution in [2.24, 2.45) is 0 Å². The molecule has 4 aromatic rings. The molecule has 1 aliphatic rings. The quantitative estimate of drug-likeness (QED) is 0.200. The molecule has 0 aromatic heterocycles. The Morgan fingerprint density at radius 1 is 0.905 bits per heavy atom. The molecule has 0 saturated heterocycles. The Labute approximate surface area is 245 Å². The third-order valence-electron chi connectivity index (χ3n) is 7.28. The average Bonchev–Trinajstić information content (AvgIpc) is 3.49. The molecule has 42 heavy (non-hydrogen) atoms. The standard InChI is InChI=1S/C35H34FNO5/c1-3-40-33(38)21-37-35(39)31-18-23(2)34(30-11-7-10-29(30)31)42-28-16-17-32(41-22-25-8-5-4-6-9-25)26(20-28)19-24-12-14-27(36)15-13-24/h4-6,8-9,12-18,20H,3,7,10-11,19,21-22H2,1-2H3,(H,37,39). The highest BCUT2D eigenvalue weighted by molar-refractivity contribution is 5.98. The van der Waals surface area contributed by atoms with Crippen LogP contribution in [0.5, 0.6) is 17.2 Å². The third-order valence-corrected chi connectivity index (χ3v) is 7.28. The number of amides is 1. The highest BCUT2D eigenvalue weighted by atomic mass is 19.1. The molecule has 0 saturated carbocycles. The predicted molar refractivity (Wildman–Crippen MR) is 159 cm³/mol. The molecule has 1 amide bonds. The van der Waals surface area contributed by atoms with Crippen LogP contribution in [0.25, 0.3) is 0 Å². The van der Waals surface area contributed by atoms with Crippen LogP contribution < -0.4 is 14.8 Å². The monoisotopic (exact) mass is 567 g/mol. The van der Waals surface area contributed by atoms with Crippen LogP contribution >= 0.6 is 0 Å². The van der Waals surface area contributed by atoms with E-state index >= 15 is 0 Å². The van der Waals surface area contributed by atoms with E-state index in [1.54, 1.807) is 19.1 Å². The highest BCUT2D eigenvalue weighted by Gasteiger charge is 2.25. The molecule has 5 rings (SSSR count). The Morgan fingerprint density at radius 2 is 1.67 bits per heavy atom. The Bertz CT molecular complexity index is 1570. The van der Waals surface area contributed by atoms with Crippen molar-refractivity contribution in [1.29, 1.82) is 0 Å². The lowest BCUT2D eigenvalue weighted by Crippen LogP contribution is -2.31. The summed E-state index contributed by atoms with van der Waals surface area (Å²) in [6, 6.07) is 24.0. The van der Waals surface area contributed by atoms with Gasteiger partial charge in [-0.05, 0) is 97.3 Å².